The molecule has 39 heavy (non-hydrogen) atoms. The van der Waals surface area contributed by atoms with Crippen LogP contribution in [0.4, 0.5) is 10.1 Å². The Morgan fingerprint density at radius 2 is 1.59 bits per heavy atom. The molecule has 3 aromatic carbocycles. The Labute approximate surface area is 228 Å². The Kier molecular flexibility index (Phi) is 9.89. The number of methoxy groups -OCH3 is 2. The molecule has 0 fully saturated rings. The second kappa shape index (κ2) is 13.1. The summed E-state index contributed by atoms with van der Waals surface area (Å²) in [5.41, 5.74) is 1.12. The standard InChI is InChI=1S/C28H32FN3O6S/c1-30-28(34)24(16-20-10-6-5-7-11-20)31(18-21-12-8-9-13-23(21)29)27(33)19-32(39(4,35)36)22-14-15-25(37-2)26(17-22)38-3/h5-15,17,24H,16,18-19H2,1-4H3,(H,30,34)/t24-/m0/s1. The van der Waals surface area contributed by atoms with Crippen molar-refractivity contribution in [3.05, 3.63) is 89.7 Å². The van der Waals surface area contributed by atoms with Crippen molar-refractivity contribution in [3.8, 4) is 11.5 Å². The van der Waals surface area contributed by atoms with Crippen LogP contribution in [0.5, 0.6) is 11.5 Å². The number of carbonyl (C=O) groups excluding carboxylic acids is 2. The normalized spacial score (nSPS) is 11.8. The number of halogens is 1. The molecule has 0 heterocycles. The lowest BCUT2D eigenvalue weighted by atomic mass is 10.0. The van der Waals surface area contributed by atoms with Gasteiger partial charge in [-0.1, -0.05) is 48.5 Å². The molecule has 9 nitrogen and oxygen atoms in total. The Morgan fingerprint density at radius 3 is 2.18 bits per heavy atom. The number of nitrogens with one attached hydrogen (secondary N) is 1. The van der Waals surface area contributed by atoms with Crippen LogP contribution < -0.4 is 19.1 Å². The van der Waals surface area contributed by atoms with Gasteiger partial charge in [-0.15, -0.1) is 0 Å². The predicted molar refractivity (Wildman–Crippen MR) is 147 cm³/mol. The summed E-state index contributed by atoms with van der Waals surface area (Å²) in [5.74, 6) is -1.06. The zero-order valence-electron chi connectivity index (χ0n) is 22.3. The van der Waals surface area contributed by atoms with Crippen LogP contribution in [-0.2, 0) is 32.6 Å². The van der Waals surface area contributed by atoms with E-state index in [1.807, 2.05) is 30.3 Å². The number of benzene rings is 3. The fourth-order valence-electron chi connectivity index (χ4n) is 4.12. The highest BCUT2D eigenvalue weighted by atomic mass is 32.2. The van der Waals surface area contributed by atoms with Gasteiger partial charge in [-0.3, -0.25) is 13.9 Å². The zero-order chi connectivity index (χ0) is 28.6. The molecule has 3 rings (SSSR count). The summed E-state index contributed by atoms with van der Waals surface area (Å²) < 4.78 is 51.8. The fourth-order valence-corrected chi connectivity index (χ4v) is 4.97. The molecule has 0 radical (unpaired) electrons. The highest BCUT2D eigenvalue weighted by Gasteiger charge is 2.33. The molecule has 1 atom stereocenters. The topological polar surface area (TPSA) is 105 Å². The highest BCUT2D eigenvalue weighted by molar-refractivity contribution is 7.92. The van der Waals surface area contributed by atoms with E-state index in [0.717, 1.165) is 16.1 Å². The van der Waals surface area contributed by atoms with E-state index >= 15 is 0 Å². The molecule has 208 valence electrons. The van der Waals surface area contributed by atoms with Gasteiger partial charge in [0, 0.05) is 31.6 Å². The molecule has 0 aromatic heterocycles. The first kappa shape index (κ1) is 29.4. The summed E-state index contributed by atoms with van der Waals surface area (Å²) in [5, 5.41) is 2.58. The lowest BCUT2D eigenvalue weighted by Gasteiger charge is -2.33. The monoisotopic (exact) mass is 557 g/mol. The van der Waals surface area contributed by atoms with E-state index in [9.17, 15) is 22.4 Å². The van der Waals surface area contributed by atoms with E-state index in [-0.39, 0.29) is 30.0 Å². The van der Waals surface area contributed by atoms with Crippen molar-refractivity contribution in [2.24, 2.45) is 0 Å². The van der Waals surface area contributed by atoms with Crippen LogP contribution >= 0.6 is 0 Å². The molecular weight excluding hydrogens is 525 g/mol. The predicted octanol–water partition coefficient (Wildman–Crippen LogP) is 3.00. The minimum Gasteiger partial charge on any atom is -0.493 e. The van der Waals surface area contributed by atoms with Crippen molar-refractivity contribution < 1.29 is 31.9 Å². The van der Waals surface area contributed by atoms with Gasteiger partial charge in [0.1, 0.15) is 18.4 Å². The third kappa shape index (κ3) is 7.47. The van der Waals surface area contributed by atoms with Crippen LogP contribution in [0.25, 0.3) is 0 Å². The fraction of sp³-hybridized carbons (Fsp3) is 0.286. The van der Waals surface area contributed by atoms with Crippen LogP contribution in [0.15, 0.2) is 72.8 Å². The lowest BCUT2D eigenvalue weighted by molar-refractivity contribution is -0.139. The van der Waals surface area contributed by atoms with Gasteiger partial charge < -0.3 is 19.7 Å². The molecule has 0 aliphatic rings. The third-order valence-electron chi connectivity index (χ3n) is 6.15. The molecule has 0 saturated carbocycles. The van der Waals surface area contributed by atoms with E-state index in [2.05, 4.69) is 5.32 Å². The maximum atomic E-state index is 14.7. The molecule has 0 bridgehead atoms. The summed E-state index contributed by atoms with van der Waals surface area (Å²) in [7, 11) is 0.329. The molecule has 11 heteroatoms. The van der Waals surface area contributed by atoms with Crippen LogP contribution in [0.2, 0.25) is 0 Å². The first-order chi connectivity index (χ1) is 18.6. The molecule has 0 unspecified atom stereocenters. The van der Waals surface area contributed by atoms with Gasteiger partial charge in [-0.05, 0) is 23.8 Å². The minimum atomic E-state index is -3.97. The van der Waals surface area contributed by atoms with Crippen molar-refractivity contribution in [2.75, 3.05) is 38.4 Å². The van der Waals surface area contributed by atoms with Crippen LogP contribution in [0, 0.1) is 5.82 Å². The van der Waals surface area contributed by atoms with Crippen LogP contribution in [0.3, 0.4) is 0 Å². The maximum absolute atomic E-state index is 14.7. The molecule has 2 amide bonds. The van der Waals surface area contributed by atoms with Gasteiger partial charge in [-0.2, -0.15) is 0 Å². The van der Waals surface area contributed by atoms with Gasteiger partial charge in [0.25, 0.3) is 0 Å². The van der Waals surface area contributed by atoms with Gasteiger partial charge >= 0.3 is 0 Å². The first-order valence-electron chi connectivity index (χ1n) is 12.1. The number of nitrogens with zero attached hydrogens (tertiary/aromatic N) is 2. The Balaban J connectivity index is 2.06. The second-order valence-electron chi connectivity index (χ2n) is 8.74. The number of anilines is 1. The Bertz CT molecular complexity index is 1400. The summed E-state index contributed by atoms with van der Waals surface area (Å²) in [6.07, 6.45) is 1.11. The van der Waals surface area contributed by atoms with Crippen LogP contribution in [-0.4, -0.2) is 65.2 Å². The van der Waals surface area contributed by atoms with E-state index in [1.165, 1.54) is 62.6 Å². The van der Waals surface area contributed by atoms with Gasteiger partial charge in [0.15, 0.2) is 11.5 Å². The second-order valence-corrected chi connectivity index (χ2v) is 10.6. The van der Waals surface area contributed by atoms with Crippen molar-refractivity contribution in [2.45, 2.75) is 19.0 Å². The number of rotatable bonds is 12. The smallest absolute Gasteiger partial charge is 0.244 e. The molecule has 0 saturated heterocycles. The average molecular weight is 558 g/mol. The van der Waals surface area contributed by atoms with Crippen LogP contribution in [0.1, 0.15) is 11.1 Å². The van der Waals surface area contributed by atoms with E-state index < -0.39 is 40.2 Å². The number of hydrogen-bond donors (Lipinski definition) is 1. The molecule has 1 N–H and O–H groups in total. The number of likely N-dealkylation sites (N-methyl/N-ethyl adjacent to an activating group) is 1. The van der Waals surface area contributed by atoms with Crippen molar-refractivity contribution in [1.29, 1.82) is 0 Å². The average Bonchev–Trinajstić information content (AvgIpc) is 2.93. The Hall–Kier alpha value is -4.12. The number of ether oxygens (including phenoxy) is 2. The van der Waals surface area contributed by atoms with Crippen molar-refractivity contribution in [3.63, 3.8) is 0 Å². The SMILES string of the molecule is CNC(=O)[C@H](Cc1ccccc1)N(Cc1ccccc1F)C(=O)CN(c1ccc(OC)c(OC)c1)S(C)(=O)=O. The Morgan fingerprint density at radius 1 is 0.949 bits per heavy atom. The summed E-state index contributed by atoms with van der Waals surface area (Å²) in [6, 6.07) is 18.4. The number of carbonyl (C=O) groups is 2. The number of amides is 2. The van der Waals surface area contributed by atoms with E-state index in [4.69, 9.17) is 9.47 Å². The maximum Gasteiger partial charge on any atom is 0.244 e. The zero-order valence-corrected chi connectivity index (χ0v) is 23.1. The first-order valence-corrected chi connectivity index (χ1v) is 13.9. The van der Waals surface area contributed by atoms with Crippen molar-refractivity contribution in [1.82, 2.24) is 10.2 Å². The minimum absolute atomic E-state index is 0.135. The van der Waals surface area contributed by atoms with Gasteiger partial charge in [0.05, 0.1) is 26.2 Å². The summed E-state index contributed by atoms with van der Waals surface area (Å²) >= 11 is 0. The quantitative estimate of drug-likeness (QED) is 0.367. The number of hydrogen-bond acceptors (Lipinski definition) is 6. The molecule has 3 aromatic rings. The lowest BCUT2D eigenvalue weighted by Crippen LogP contribution is -2.53. The molecule has 0 aliphatic carbocycles. The van der Waals surface area contributed by atoms with Gasteiger partial charge in [0.2, 0.25) is 21.8 Å². The largest absolute Gasteiger partial charge is 0.493 e. The molecule has 0 spiro atoms. The van der Waals surface area contributed by atoms with Gasteiger partial charge in [-0.25, -0.2) is 12.8 Å². The molecule has 0 aliphatic heterocycles. The number of sulfonamides is 1. The summed E-state index contributed by atoms with van der Waals surface area (Å²) in [6.45, 7) is -0.884. The van der Waals surface area contributed by atoms with E-state index in [1.54, 1.807) is 6.07 Å². The molecular formula is C28H32FN3O6S. The summed E-state index contributed by atoms with van der Waals surface area (Å²) in [4.78, 5) is 28.2. The van der Waals surface area contributed by atoms with E-state index in [0.29, 0.717) is 5.75 Å². The van der Waals surface area contributed by atoms with Crippen molar-refractivity contribution >= 4 is 27.5 Å². The third-order valence-corrected chi connectivity index (χ3v) is 7.29. The highest BCUT2D eigenvalue weighted by Crippen LogP contribution is 2.32.